The van der Waals surface area contributed by atoms with Gasteiger partial charge in [0.1, 0.15) is 6.26 Å². The van der Waals surface area contributed by atoms with Crippen LogP contribution in [0.4, 0.5) is 17.1 Å². The lowest BCUT2D eigenvalue weighted by Crippen LogP contribution is -2.23. The molecule has 2 aromatic heterocycles. The Kier molecular flexibility index (Phi) is 5.56. The van der Waals surface area contributed by atoms with Crippen molar-refractivity contribution in [2.45, 2.75) is 26.3 Å². The molecule has 1 aliphatic heterocycles. The number of hydrogen-bond acceptors (Lipinski definition) is 6. The Morgan fingerprint density at radius 3 is 2.76 bits per heavy atom. The fourth-order valence-electron chi connectivity index (χ4n) is 4.30. The van der Waals surface area contributed by atoms with Crippen LogP contribution in [0.2, 0.25) is 0 Å². The summed E-state index contributed by atoms with van der Waals surface area (Å²) in [6.45, 7) is 4.33. The van der Waals surface area contributed by atoms with E-state index < -0.39 is 0 Å². The second-order valence-corrected chi connectivity index (χ2v) is 8.34. The van der Waals surface area contributed by atoms with E-state index in [0.717, 1.165) is 59.3 Å². The third-order valence-corrected chi connectivity index (χ3v) is 5.99. The molecule has 168 valence electrons. The third-order valence-electron chi connectivity index (χ3n) is 5.99. The number of benzene rings is 2. The molecule has 1 amide bonds. The van der Waals surface area contributed by atoms with Gasteiger partial charge in [0.15, 0.2) is 0 Å². The highest BCUT2D eigenvalue weighted by atomic mass is 16.5. The van der Waals surface area contributed by atoms with Crippen LogP contribution >= 0.6 is 0 Å². The Balaban J connectivity index is 1.44. The third kappa shape index (κ3) is 4.45. The number of carbonyl (C=O) groups is 1. The van der Waals surface area contributed by atoms with E-state index in [4.69, 9.17) is 4.52 Å². The fraction of sp³-hybridized carbons (Fsp3) is 0.240. The summed E-state index contributed by atoms with van der Waals surface area (Å²) in [7, 11) is 0. The highest BCUT2D eigenvalue weighted by molar-refractivity contribution is 6.09. The van der Waals surface area contributed by atoms with Crippen LogP contribution in [0, 0.1) is 6.92 Å². The summed E-state index contributed by atoms with van der Waals surface area (Å²) in [5.41, 5.74) is 5.51. The number of hydrogen-bond donors (Lipinski definition) is 3. The molecule has 0 bridgehead atoms. The number of pyridine rings is 1. The number of aryl methyl sites for hydroxylation is 1. The number of H-pyrrole nitrogens is 1. The first-order chi connectivity index (χ1) is 16.1. The molecule has 5 rings (SSSR count). The van der Waals surface area contributed by atoms with Crippen LogP contribution in [0.1, 0.15) is 34.3 Å². The van der Waals surface area contributed by atoms with Crippen molar-refractivity contribution < 1.29 is 9.32 Å². The molecule has 3 N–H and O–H groups in total. The number of amides is 1. The minimum absolute atomic E-state index is 0.135. The number of anilines is 3. The van der Waals surface area contributed by atoms with E-state index in [2.05, 4.69) is 25.7 Å². The Morgan fingerprint density at radius 2 is 1.97 bits per heavy atom. The highest BCUT2D eigenvalue weighted by Gasteiger charge is 2.20. The molecule has 0 spiro atoms. The lowest BCUT2D eigenvalue weighted by Gasteiger charge is -2.22. The van der Waals surface area contributed by atoms with E-state index >= 15 is 0 Å². The lowest BCUT2D eigenvalue weighted by molar-refractivity contribution is 0.102. The van der Waals surface area contributed by atoms with Gasteiger partial charge >= 0.3 is 0 Å². The molecule has 3 heterocycles. The van der Waals surface area contributed by atoms with Gasteiger partial charge in [-0.15, -0.1) is 0 Å². The van der Waals surface area contributed by atoms with Gasteiger partial charge in [-0.05, 0) is 61.2 Å². The molecule has 2 aromatic carbocycles. The maximum absolute atomic E-state index is 13.4. The number of nitrogens with one attached hydrogen (secondary N) is 3. The summed E-state index contributed by atoms with van der Waals surface area (Å²) in [6, 6.07) is 13.1. The van der Waals surface area contributed by atoms with Gasteiger partial charge in [-0.25, -0.2) is 0 Å². The Bertz CT molecular complexity index is 1350. The van der Waals surface area contributed by atoms with Crippen LogP contribution in [-0.2, 0) is 6.54 Å². The van der Waals surface area contributed by atoms with Crippen molar-refractivity contribution in [3.63, 3.8) is 0 Å². The molecule has 1 saturated heterocycles. The summed E-state index contributed by atoms with van der Waals surface area (Å²) in [5.74, 6) is -0.162. The van der Waals surface area contributed by atoms with E-state index in [-0.39, 0.29) is 11.5 Å². The molecule has 8 heteroatoms. The van der Waals surface area contributed by atoms with Crippen molar-refractivity contribution in [1.29, 1.82) is 0 Å². The molecule has 1 fully saturated rings. The second-order valence-electron chi connectivity index (χ2n) is 8.34. The number of fused-ring (bicyclic) bond motifs is 1. The van der Waals surface area contributed by atoms with Crippen LogP contribution in [0.3, 0.4) is 0 Å². The summed E-state index contributed by atoms with van der Waals surface area (Å²) in [6.07, 6.45) is 5.41. The first kappa shape index (κ1) is 20.8. The zero-order valence-corrected chi connectivity index (χ0v) is 18.4. The number of nitrogens with zero attached hydrogens (tertiary/aromatic N) is 2. The molecule has 8 nitrogen and oxygen atoms in total. The average Bonchev–Trinajstić information content (AvgIpc) is 3.52. The SMILES string of the molecule is Cc1cc(=O)[nH]c2ccc(NC(=O)c3cc(CNc4cnoc4)ccc3N3CCCC3)cc12. The number of carbonyl (C=O) groups excluding carboxylic acids is 1. The van der Waals surface area contributed by atoms with Crippen molar-refractivity contribution in [1.82, 2.24) is 10.1 Å². The molecule has 0 atom stereocenters. The maximum Gasteiger partial charge on any atom is 0.257 e. The molecule has 4 aromatic rings. The van der Waals surface area contributed by atoms with Crippen LogP contribution in [0.15, 0.2) is 64.2 Å². The molecule has 1 aliphatic rings. The minimum atomic E-state index is -0.162. The number of aromatic nitrogens is 2. The average molecular weight is 444 g/mol. The first-order valence-corrected chi connectivity index (χ1v) is 11.0. The Labute approximate surface area is 190 Å². The fourth-order valence-corrected chi connectivity index (χ4v) is 4.30. The zero-order chi connectivity index (χ0) is 22.8. The van der Waals surface area contributed by atoms with Crippen LogP contribution in [-0.4, -0.2) is 29.1 Å². The standard InChI is InChI=1S/C25H25N5O3/c1-16-10-24(31)29-22-6-5-18(12-20(16)22)28-25(32)21-11-17(13-26-19-14-27-33-15-19)4-7-23(21)30-8-2-3-9-30/h4-7,10-12,14-15,26H,2-3,8-9,13H2,1H3,(H,28,32)(H,29,31). The predicted molar refractivity (Wildman–Crippen MR) is 129 cm³/mol. The second kappa shape index (κ2) is 8.82. The zero-order valence-electron chi connectivity index (χ0n) is 18.4. The van der Waals surface area contributed by atoms with E-state index in [0.29, 0.717) is 17.8 Å². The van der Waals surface area contributed by atoms with Gasteiger partial charge < -0.3 is 25.0 Å². The Morgan fingerprint density at radius 1 is 1.12 bits per heavy atom. The van der Waals surface area contributed by atoms with Gasteiger partial charge in [-0.1, -0.05) is 11.2 Å². The number of aromatic amines is 1. The molecule has 33 heavy (non-hydrogen) atoms. The van der Waals surface area contributed by atoms with Gasteiger partial charge in [-0.3, -0.25) is 9.59 Å². The van der Waals surface area contributed by atoms with E-state index in [1.165, 1.54) is 0 Å². The largest absolute Gasteiger partial charge is 0.377 e. The van der Waals surface area contributed by atoms with Crippen molar-refractivity contribution in [2.75, 3.05) is 28.6 Å². The predicted octanol–water partition coefficient (Wildman–Crippen LogP) is 4.29. The molecular formula is C25H25N5O3. The molecule has 0 unspecified atom stereocenters. The molecule has 0 aliphatic carbocycles. The normalized spacial score (nSPS) is 13.4. The van der Waals surface area contributed by atoms with Crippen LogP contribution in [0.5, 0.6) is 0 Å². The lowest BCUT2D eigenvalue weighted by atomic mass is 10.1. The van der Waals surface area contributed by atoms with Gasteiger partial charge in [0.2, 0.25) is 5.56 Å². The van der Waals surface area contributed by atoms with Gasteiger partial charge in [0.25, 0.3) is 5.91 Å². The topological polar surface area (TPSA) is 103 Å². The van der Waals surface area contributed by atoms with Crippen LogP contribution < -0.4 is 21.1 Å². The highest BCUT2D eigenvalue weighted by Crippen LogP contribution is 2.28. The van der Waals surface area contributed by atoms with Gasteiger partial charge in [0, 0.05) is 48.0 Å². The summed E-state index contributed by atoms with van der Waals surface area (Å²) >= 11 is 0. The summed E-state index contributed by atoms with van der Waals surface area (Å²) < 4.78 is 4.86. The van der Waals surface area contributed by atoms with E-state index in [9.17, 15) is 9.59 Å². The van der Waals surface area contributed by atoms with Crippen molar-refractivity contribution in [2.24, 2.45) is 0 Å². The van der Waals surface area contributed by atoms with E-state index in [1.807, 2.05) is 43.3 Å². The quantitative estimate of drug-likeness (QED) is 0.411. The maximum atomic E-state index is 13.4. The van der Waals surface area contributed by atoms with Crippen molar-refractivity contribution >= 4 is 33.9 Å². The summed E-state index contributed by atoms with van der Waals surface area (Å²) in [5, 5.41) is 10.9. The smallest absolute Gasteiger partial charge is 0.257 e. The Hall–Kier alpha value is -4.07. The monoisotopic (exact) mass is 443 g/mol. The minimum Gasteiger partial charge on any atom is -0.377 e. The molecule has 0 radical (unpaired) electrons. The molecule has 0 saturated carbocycles. The number of rotatable bonds is 6. The first-order valence-electron chi connectivity index (χ1n) is 11.0. The van der Waals surface area contributed by atoms with Crippen molar-refractivity contribution in [3.05, 3.63) is 82.0 Å². The van der Waals surface area contributed by atoms with Crippen molar-refractivity contribution in [3.8, 4) is 0 Å². The van der Waals surface area contributed by atoms with Gasteiger partial charge in [-0.2, -0.15) is 0 Å². The van der Waals surface area contributed by atoms with Gasteiger partial charge in [0.05, 0.1) is 17.4 Å². The van der Waals surface area contributed by atoms with Crippen LogP contribution in [0.25, 0.3) is 10.9 Å². The summed E-state index contributed by atoms with van der Waals surface area (Å²) in [4.78, 5) is 30.2. The van der Waals surface area contributed by atoms with E-state index in [1.54, 1.807) is 18.5 Å². The molecular weight excluding hydrogens is 418 g/mol.